The van der Waals surface area contributed by atoms with Crippen LogP contribution in [0.5, 0.6) is 0 Å². The summed E-state index contributed by atoms with van der Waals surface area (Å²) in [5, 5.41) is 2.15. The van der Waals surface area contributed by atoms with Crippen molar-refractivity contribution in [1.82, 2.24) is 10.2 Å². The first kappa shape index (κ1) is 30.4. The van der Waals surface area contributed by atoms with E-state index in [1.54, 1.807) is 19.1 Å². The molecule has 12 heteroatoms. The van der Waals surface area contributed by atoms with E-state index in [-0.39, 0.29) is 18.7 Å². The number of rotatable bonds is 11. The minimum Gasteiger partial charge on any atom is -0.354 e. The van der Waals surface area contributed by atoms with Crippen molar-refractivity contribution in [3.63, 3.8) is 0 Å². The van der Waals surface area contributed by atoms with Crippen molar-refractivity contribution in [3.8, 4) is 0 Å². The highest BCUT2D eigenvalue weighted by Crippen LogP contribution is 2.37. The molecule has 0 heterocycles. The quantitative estimate of drug-likeness (QED) is 0.428. The Morgan fingerprint density at radius 3 is 2.22 bits per heavy atom. The van der Waals surface area contributed by atoms with Gasteiger partial charge in [-0.15, -0.1) is 0 Å². The number of hydrogen-bond donors (Lipinski definition) is 1. The van der Waals surface area contributed by atoms with Crippen molar-refractivity contribution >= 4 is 39.1 Å². The van der Waals surface area contributed by atoms with Gasteiger partial charge in [0.05, 0.1) is 22.5 Å². The van der Waals surface area contributed by atoms with E-state index in [1.807, 2.05) is 26.0 Å². The fraction of sp³-hybridized carbons (Fsp3) is 0.440. The number of carbonyl (C=O) groups excluding carboxylic acids is 2. The Labute approximate surface area is 220 Å². The first-order valence-electron chi connectivity index (χ1n) is 11.7. The number of nitrogens with zero attached hydrogens (tertiary/aromatic N) is 2. The van der Waals surface area contributed by atoms with Gasteiger partial charge in [-0.2, -0.15) is 13.2 Å². The van der Waals surface area contributed by atoms with Gasteiger partial charge in [0.15, 0.2) is 0 Å². The molecule has 2 aromatic carbocycles. The first-order valence-corrected chi connectivity index (χ1v) is 13.9. The van der Waals surface area contributed by atoms with Crippen LogP contribution in [0.15, 0.2) is 42.5 Å². The SMILES string of the molecule is CCCNC(=O)[C@@H](CC)N(Cc1ccc(C)cc1)C(=O)CN(c1ccc(Cl)c(C(F)(F)F)c1)S(C)(=O)=O. The maximum Gasteiger partial charge on any atom is 0.417 e. The number of aryl methyl sites for hydroxylation is 1. The highest BCUT2D eigenvalue weighted by molar-refractivity contribution is 7.92. The Morgan fingerprint density at radius 1 is 1.08 bits per heavy atom. The van der Waals surface area contributed by atoms with Gasteiger partial charge in [-0.1, -0.05) is 55.3 Å². The van der Waals surface area contributed by atoms with E-state index in [2.05, 4.69) is 5.32 Å². The fourth-order valence-electron chi connectivity index (χ4n) is 3.68. The number of amides is 2. The monoisotopic (exact) mass is 561 g/mol. The molecule has 204 valence electrons. The lowest BCUT2D eigenvalue weighted by molar-refractivity contribution is -0.140. The third kappa shape index (κ3) is 8.36. The van der Waals surface area contributed by atoms with Gasteiger partial charge in [-0.3, -0.25) is 13.9 Å². The second-order valence-electron chi connectivity index (χ2n) is 8.65. The lowest BCUT2D eigenvalue weighted by atomic mass is 10.1. The minimum absolute atomic E-state index is 0.00316. The number of nitrogens with one attached hydrogen (secondary N) is 1. The Kier molecular flexibility index (Phi) is 10.4. The Bertz CT molecular complexity index is 1200. The van der Waals surface area contributed by atoms with E-state index in [1.165, 1.54) is 4.90 Å². The predicted molar refractivity (Wildman–Crippen MR) is 138 cm³/mol. The van der Waals surface area contributed by atoms with Crippen LogP contribution in [0.25, 0.3) is 0 Å². The van der Waals surface area contributed by atoms with Crippen molar-refractivity contribution in [2.75, 3.05) is 23.7 Å². The number of hydrogen-bond acceptors (Lipinski definition) is 4. The molecule has 2 rings (SSSR count). The molecule has 37 heavy (non-hydrogen) atoms. The van der Waals surface area contributed by atoms with Crippen LogP contribution in [0.1, 0.15) is 43.4 Å². The third-order valence-corrected chi connectivity index (χ3v) is 7.10. The van der Waals surface area contributed by atoms with Crippen molar-refractivity contribution in [3.05, 3.63) is 64.2 Å². The smallest absolute Gasteiger partial charge is 0.354 e. The fourth-order valence-corrected chi connectivity index (χ4v) is 4.74. The van der Waals surface area contributed by atoms with Crippen molar-refractivity contribution < 1.29 is 31.2 Å². The molecule has 2 amide bonds. The van der Waals surface area contributed by atoms with Crippen molar-refractivity contribution in [2.24, 2.45) is 0 Å². The Balaban J connectivity index is 2.50. The van der Waals surface area contributed by atoms with Crippen LogP contribution in [0.2, 0.25) is 5.02 Å². The topological polar surface area (TPSA) is 86.8 Å². The molecule has 0 aromatic heterocycles. The van der Waals surface area contributed by atoms with Gasteiger partial charge in [0.2, 0.25) is 21.8 Å². The second-order valence-corrected chi connectivity index (χ2v) is 11.0. The average Bonchev–Trinajstić information content (AvgIpc) is 2.81. The summed E-state index contributed by atoms with van der Waals surface area (Å²) < 4.78 is 66.1. The molecule has 0 spiro atoms. The molecule has 0 unspecified atom stereocenters. The summed E-state index contributed by atoms with van der Waals surface area (Å²) in [6, 6.07) is 8.95. The Morgan fingerprint density at radius 2 is 1.70 bits per heavy atom. The zero-order valence-corrected chi connectivity index (χ0v) is 22.7. The molecule has 0 aliphatic rings. The minimum atomic E-state index is -4.83. The van der Waals surface area contributed by atoms with Gasteiger partial charge in [0.25, 0.3) is 0 Å². The number of benzene rings is 2. The van der Waals surface area contributed by atoms with Crippen molar-refractivity contribution in [2.45, 2.75) is 52.4 Å². The average molecular weight is 562 g/mol. The van der Waals surface area contributed by atoms with E-state index in [9.17, 15) is 31.2 Å². The standard InChI is InChI=1S/C25H31ClF3N3O4S/c1-5-13-30-24(34)22(6-2)31(15-18-9-7-17(3)8-10-18)23(33)16-32(37(4,35)36)19-11-12-21(26)20(14-19)25(27,28)29/h7-12,14,22H,5-6,13,15-16H2,1-4H3,(H,30,34)/t22-/m1/s1. The molecule has 0 aliphatic carbocycles. The van der Waals surface area contributed by atoms with Gasteiger partial charge in [-0.25, -0.2) is 8.42 Å². The highest BCUT2D eigenvalue weighted by atomic mass is 35.5. The summed E-state index contributed by atoms with van der Waals surface area (Å²) in [5.74, 6) is -1.14. The van der Waals surface area contributed by atoms with Crippen LogP contribution < -0.4 is 9.62 Å². The van der Waals surface area contributed by atoms with Crippen molar-refractivity contribution in [1.29, 1.82) is 0 Å². The number of halogens is 4. The molecule has 0 saturated heterocycles. The maximum atomic E-state index is 13.6. The molecule has 0 saturated carbocycles. The van der Waals surface area contributed by atoms with Crippen LogP contribution >= 0.6 is 11.6 Å². The number of sulfonamides is 1. The van der Waals surface area contributed by atoms with Crippen LogP contribution in [0.3, 0.4) is 0 Å². The summed E-state index contributed by atoms with van der Waals surface area (Å²) in [7, 11) is -4.19. The van der Waals surface area contributed by atoms with Crippen LogP contribution in [0, 0.1) is 6.92 Å². The summed E-state index contributed by atoms with van der Waals surface area (Å²) >= 11 is 5.69. The van der Waals surface area contributed by atoms with E-state index < -0.39 is 51.2 Å². The van der Waals surface area contributed by atoms with Gasteiger partial charge in [0.1, 0.15) is 12.6 Å². The predicted octanol–water partition coefficient (Wildman–Crippen LogP) is 4.77. The molecule has 0 radical (unpaired) electrons. The van der Waals surface area contributed by atoms with Gasteiger partial charge < -0.3 is 10.2 Å². The molecule has 1 N–H and O–H groups in total. The van der Waals surface area contributed by atoms with Gasteiger partial charge >= 0.3 is 6.18 Å². The van der Waals surface area contributed by atoms with Gasteiger partial charge in [-0.05, 0) is 43.5 Å². The molecule has 0 aliphatic heterocycles. The second kappa shape index (κ2) is 12.6. The molecule has 0 fully saturated rings. The van der Waals surface area contributed by atoms with Gasteiger partial charge in [0, 0.05) is 13.1 Å². The summed E-state index contributed by atoms with van der Waals surface area (Å²) in [5.41, 5.74) is 0.0965. The van der Waals surface area contributed by atoms with E-state index in [0.717, 1.165) is 24.0 Å². The summed E-state index contributed by atoms with van der Waals surface area (Å²) in [6.45, 7) is 5.08. The highest BCUT2D eigenvalue weighted by Gasteiger charge is 2.36. The normalized spacial score (nSPS) is 12.6. The Hall–Kier alpha value is -2.79. The number of carbonyl (C=O) groups is 2. The molecule has 1 atom stereocenters. The molecule has 7 nitrogen and oxygen atoms in total. The largest absolute Gasteiger partial charge is 0.417 e. The van der Waals surface area contributed by atoms with E-state index in [0.29, 0.717) is 28.9 Å². The molecular formula is C25H31ClF3N3O4S. The summed E-state index contributed by atoms with van der Waals surface area (Å²) in [6.07, 6.45) is -3.13. The number of alkyl halides is 3. The summed E-state index contributed by atoms with van der Waals surface area (Å²) in [4.78, 5) is 27.7. The lowest BCUT2D eigenvalue weighted by Gasteiger charge is -2.33. The maximum absolute atomic E-state index is 13.6. The van der Waals surface area contributed by atoms with Crippen LogP contribution in [-0.2, 0) is 32.3 Å². The van der Waals surface area contributed by atoms with Crippen LogP contribution in [-0.4, -0.2) is 50.5 Å². The zero-order chi connectivity index (χ0) is 28.0. The zero-order valence-electron chi connectivity index (χ0n) is 21.1. The van der Waals surface area contributed by atoms with Crippen LogP contribution in [0.4, 0.5) is 18.9 Å². The van der Waals surface area contributed by atoms with E-state index >= 15 is 0 Å². The van der Waals surface area contributed by atoms with E-state index in [4.69, 9.17) is 11.6 Å². The number of anilines is 1. The molecule has 2 aromatic rings. The third-order valence-electron chi connectivity index (χ3n) is 5.63. The first-order chi connectivity index (χ1) is 17.2. The molecular weight excluding hydrogens is 531 g/mol. The molecule has 0 bridgehead atoms. The lowest BCUT2D eigenvalue weighted by Crippen LogP contribution is -2.52.